The van der Waals surface area contributed by atoms with Crippen molar-refractivity contribution in [2.75, 3.05) is 19.4 Å². The number of carbonyl (C=O) groups is 1. The molecule has 1 amide bonds. The summed E-state index contributed by atoms with van der Waals surface area (Å²) >= 11 is 6.41. The van der Waals surface area contributed by atoms with E-state index in [4.69, 9.17) is 26.8 Å². The summed E-state index contributed by atoms with van der Waals surface area (Å²) in [6, 6.07) is 5.99. The molecule has 5 rings (SSSR count). The predicted octanol–water partition coefficient (Wildman–Crippen LogP) is 4.73. The summed E-state index contributed by atoms with van der Waals surface area (Å²) in [5.41, 5.74) is 8.19. The van der Waals surface area contributed by atoms with Crippen molar-refractivity contribution in [3.05, 3.63) is 63.2 Å². The van der Waals surface area contributed by atoms with Gasteiger partial charge in [0.2, 0.25) is 0 Å². The minimum Gasteiger partial charge on any atom is -0.491 e. The van der Waals surface area contributed by atoms with E-state index < -0.39 is 17.8 Å². The Balaban J connectivity index is 1.50. The first-order chi connectivity index (χ1) is 15.1. The molecule has 32 heavy (non-hydrogen) atoms. The van der Waals surface area contributed by atoms with Crippen LogP contribution in [0.15, 0.2) is 30.3 Å². The van der Waals surface area contributed by atoms with E-state index in [2.05, 4.69) is 4.98 Å². The lowest BCUT2D eigenvalue weighted by atomic mass is 10.0. The minimum atomic E-state index is -4.47. The van der Waals surface area contributed by atoms with Gasteiger partial charge in [0.25, 0.3) is 5.91 Å². The lowest BCUT2D eigenvalue weighted by molar-refractivity contribution is -0.137. The number of anilines is 1. The van der Waals surface area contributed by atoms with Crippen LogP contribution in [0.25, 0.3) is 10.9 Å². The van der Waals surface area contributed by atoms with Crippen LogP contribution in [-0.2, 0) is 24.1 Å². The summed E-state index contributed by atoms with van der Waals surface area (Å²) in [7, 11) is 1.57. The SMILES string of the molecule is CN(C(=O)c1cc2c3c(c(N)nc2cc1Cl)COC3)[C@H]1COc2cc(C(F)(F)F)ccc21. The number of fused-ring (bicyclic) bond motifs is 4. The van der Waals surface area contributed by atoms with Gasteiger partial charge < -0.3 is 20.1 Å². The first-order valence-corrected chi connectivity index (χ1v) is 10.1. The number of likely N-dealkylation sites (N-methyl/N-ethyl adjacent to an activating group) is 1. The van der Waals surface area contributed by atoms with Crippen LogP contribution in [0, 0.1) is 0 Å². The van der Waals surface area contributed by atoms with Crippen LogP contribution in [0.2, 0.25) is 5.02 Å². The maximum Gasteiger partial charge on any atom is 0.416 e. The zero-order valence-corrected chi connectivity index (χ0v) is 17.5. The number of benzene rings is 2. The van der Waals surface area contributed by atoms with Crippen molar-refractivity contribution in [1.82, 2.24) is 9.88 Å². The van der Waals surface area contributed by atoms with Crippen molar-refractivity contribution >= 4 is 34.2 Å². The van der Waals surface area contributed by atoms with E-state index in [1.807, 2.05) is 0 Å². The summed E-state index contributed by atoms with van der Waals surface area (Å²) in [5, 5.41) is 0.928. The Hall–Kier alpha value is -3.04. The van der Waals surface area contributed by atoms with Crippen LogP contribution in [0.5, 0.6) is 5.75 Å². The molecule has 1 aromatic heterocycles. The van der Waals surface area contributed by atoms with Gasteiger partial charge in [-0.2, -0.15) is 13.2 Å². The Labute approximate surface area is 185 Å². The average molecular weight is 464 g/mol. The van der Waals surface area contributed by atoms with Gasteiger partial charge in [-0.3, -0.25) is 4.79 Å². The molecule has 0 unspecified atom stereocenters. The molecule has 0 aliphatic carbocycles. The Kier molecular flexibility index (Phi) is 4.72. The third kappa shape index (κ3) is 3.23. The molecule has 2 aliphatic heterocycles. The van der Waals surface area contributed by atoms with Gasteiger partial charge in [0.05, 0.1) is 40.9 Å². The third-order valence-corrected chi connectivity index (χ3v) is 6.25. The molecular weight excluding hydrogens is 447 g/mol. The van der Waals surface area contributed by atoms with Crippen molar-refractivity contribution < 1.29 is 27.4 Å². The van der Waals surface area contributed by atoms with Gasteiger partial charge >= 0.3 is 6.18 Å². The summed E-state index contributed by atoms with van der Waals surface area (Å²) < 4.78 is 49.9. The van der Waals surface area contributed by atoms with E-state index in [9.17, 15) is 18.0 Å². The molecule has 10 heteroatoms. The van der Waals surface area contributed by atoms with Crippen molar-refractivity contribution in [2.24, 2.45) is 0 Å². The maximum absolute atomic E-state index is 13.3. The zero-order chi connectivity index (χ0) is 22.8. The second-order valence-corrected chi connectivity index (χ2v) is 8.20. The zero-order valence-electron chi connectivity index (χ0n) is 16.8. The molecule has 0 saturated heterocycles. The number of nitrogens with two attached hydrogens (primary N) is 1. The Morgan fingerprint density at radius 2 is 1.97 bits per heavy atom. The van der Waals surface area contributed by atoms with Gasteiger partial charge in [-0.05, 0) is 29.8 Å². The number of nitrogen functional groups attached to an aromatic ring is 1. The molecule has 3 aromatic rings. The smallest absolute Gasteiger partial charge is 0.416 e. The molecule has 6 nitrogen and oxygen atoms in total. The largest absolute Gasteiger partial charge is 0.491 e. The highest BCUT2D eigenvalue weighted by molar-refractivity contribution is 6.34. The van der Waals surface area contributed by atoms with Gasteiger partial charge in [-0.1, -0.05) is 17.7 Å². The third-order valence-electron chi connectivity index (χ3n) is 5.93. The monoisotopic (exact) mass is 463 g/mol. The number of halogens is 4. The fourth-order valence-electron chi connectivity index (χ4n) is 4.18. The fraction of sp³-hybridized carbons (Fsp3) is 0.273. The number of hydrogen-bond acceptors (Lipinski definition) is 5. The topological polar surface area (TPSA) is 77.7 Å². The average Bonchev–Trinajstić information content (AvgIpc) is 3.39. The van der Waals surface area contributed by atoms with Gasteiger partial charge in [-0.15, -0.1) is 0 Å². The van der Waals surface area contributed by atoms with Crippen LogP contribution in [0.4, 0.5) is 19.0 Å². The summed E-state index contributed by atoms with van der Waals surface area (Å²) in [6.45, 7) is 0.756. The standard InChI is InChI=1S/C22H17ClF3N3O3/c1-29(18-9-32-19-4-10(22(24,25)26)2-3-11(18)19)21(30)13-5-12-14-7-31-8-15(14)20(27)28-17(12)6-16(13)23/h2-6,18H,7-9H2,1H3,(H2,27,28)/t18-/m0/s1. The van der Waals surface area contributed by atoms with Gasteiger partial charge in [-0.25, -0.2) is 4.98 Å². The molecule has 166 valence electrons. The highest BCUT2D eigenvalue weighted by Gasteiger charge is 2.36. The number of pyridine rings is 1. The van der Waals surface area contributed by atoms with Crippen molar-refractivity contribution in [3.8, 4) is 5.75 Å². The second-order valence-electron chi connectivity index (χ2n) is 7.79. The Morgan fingerprint density at radius 3 is 2.72 bits per heavy atom. The lowest BCUT2D eigenvalue weighted by Gasteiger charge is -2.24. The number of aromatic nitrogens is 1. The molecule has 3 heterocycles. The fourth-order valence-corrected chi connectivity index (χ4v) is 4.42. The van der Waals surface area contributed by atoms with Gasteiger partial charge in [0, 0.05) is 23.6 Å². The van der Waals surface area contributed by atoms with Crippen LogP contribution < -0.4 is 10.5 Å². The van der Waals surface area contributed by atoms with Crippen LogP contribution >= 0.6 is 11.6 Å². The van der Waals surface area contributed by atoms with Crippen molar-refractivity contribution in [1.29, 1.82) is 0 Å². The lowest BCUT2D eigenvalue weighted by Crippen LogP contribution is -2.32. The van der Waals surface area contributed by atoms with E-state index in [0.29, 0.717) is 30.1 Å². The molecule has 0 spiro atoms. The van der Waals surface area contributed by atoms with E-state index in [1.54, 1.807) is 19.2 Å². The van der Waals surface area contributed by atoms with Crippen LogP contribution in [-0.4, -0.2) is 29.4 Å². The number of alkyl halides is 3. The van der Waals surface area contributed by atoms with Gasteiger partial charge in [0.1, 0.15) is 18.2 Å². The highest BCUT2D eigenvalue weighted by Crippen LogP contribution is 2.41. The van der Waals surface area contributed by atoms with E-state index in [1.165, 1.54) is 11.0 Å². The molecule has 2 aromatic carbocycles. The predicted molar refractivity (Wildman–Crippen MR) is 111 cm³/mol. The van der Waals surface area contributed by atoms with E-state index in [0.717, 1.165) is 28.6 Å². The highest BCUT2D eigenvalue weighted by atomic mass is 35.5. The summed E-state index contributed by atoms with van der Waals surface area (Å²) in [5.74, 6) is 0.0988. The number of ether oxygens (including phenoxy) is 2. The van der Waals surface area contributed by atoms with Crippen molar-refractivity contribution in [2.45, 2.75) is 25.4 Å². The van der Waals surface area contributed by atoms with Gasteiger partial charge in [0.15, 0.2) is 0 Å². The number of amides is 1. The molecule has 0 saturated carbocycles. The molecule has 0 bridgehead atoms. The van der Waals surface area contributed by atoms with E-state index in [-0.39, 0.29) is 28.8 Å². The Bertz CT molecular complexity index is 1280. The Morgan fingerprint density at radius 1 is 1.22 bits per heavy atom. The molecule has 2 N–H and O–H groups in total. The number of nitrogens with zero attached hydrogens (tertiary/aromatic N) is 2. The van der Waals surface area contributed by atoms with Crippen LogP contribution in [0.1, 0.15) is 38.7 Å². The second kappa shape index (κ2) is 7.25. The normalized spacial score (nSPS) is 17.2. The first-order valence-electron chi connectivity index (χ1n) is 9.74. The summed E-state index contributed by atoms with van der Waals surface area (Å²) in [6.07, 6.45) is -4.47. The quantitative estimate of drug-likeness (QED) is 0.594. The summed E-state index contributed by atoms with van der Waals surface area (Å²) in [4.78, 5) is 19.1. The molecule has 0 fully saturated rings. The molecule has 1 atom stereocenters. The van der Waals surface area contributed by atoms with Crippen LogP contribution in [0.3, 0.4) is 0 Å². The molecular formula is C22H17ClF3N3O3. The first kappa shape index (κ1) is 20.8. The number of rotatable bonds is 2. The van der Waals surface area contributed by atoms with Crippen molar-refractivity contribution in [3.63, 3.8) is 0 Å². The minimum absolute atomic E-state index is 0.0470. The maximum atomic E-state index is 13.3. The number of carbonyl (C=O) groups excluding carboxylic acids is 1. The molecule has 0 radical (unpaired) electrons. The molecule has 2 aliphatic rings. The van der Waals surface area contributed by atoms with E-state index >= 15 is 0 Å². The number of hydrogen-bond donors (Lipinski definition) is 1.